The standard InChI is InChI=1S/C19H23F2NO3S2/c1-18(2,3)26(23)22-19(4,14-10-12-15(20)13-11-14)17(21)27(24,25)16-8-6-5-7-9-16/h5-13,17,22H,1-4H3/t17-,19-,26-/m1/s1. The quantitative estimate of drug-likeness (QED) is 0.779. The molecule has 0 aliphatic heterocycles. The summed E-state index contributed by atoms with van der Waals surface area (Å²) in [6, 6.07) is 12.0. The van der Waals surface area contributed by atoms with Crippen LogP contribution >= 0.6 is 0 Å². The lowest BCUT2D eigenvalue weighted by atomic mass is 9.94. The number of hydrogen-bond donors (Lipinski definition) is 1. The predicted molar refractivity (Wildman–Crippen MR) is 103 cm³/mol. The predicted octanol–water partition coefficient (Wildman–Crippen LogP) is 3.86. The molecule has 2 aromatic carbocycles. The van der Waals surface area contributed by atoms with Crippen LogP contribution < -0.4 is 4.72 Å². The molecule has 0 aromatic heterocycles. The maximum absolute atomic E-state index is 15.6. The summed E-state index contributed by atoms with van der Waals surface area (Å²) in [5, 5.41) is 0. The highest BCUT2D eigenvalue weighted by Crippen LogP contribution is 2.35. The molecule has 0 aliphatic carbocycles. The van der Waals surface area contributed by atoms with Gasteiger partial charge in [0.2, 0.25) is 15.3 Å². The van der Waals surface area contributed by atoms with Crippen LogP contribution in [-0.4, -0.2) is 22.9 Å². The molecule has 0 amide bonds. The van der Waals surface area contributed by atoms with Crippen molar-refractivity contribution in [2.24, 2.45) is 0 Å². The van der Waals surface area contributed by atoms with Crippen molar-refractivity contribution in [3.8, 4) is 0 Å². The molecule has 0 saturated heterocycles. The average Bonchev–Trinajstić information content (AvgIpc) is 2.61. The van der Waals surface area contributed by atoms with E-state index < -0.39 is 42.4 Å². The summed E-state index contributed by atoms with van der Waals surface area (Å²) in [7, 11) is -6.18. The normalized spacial score (nSPS) is 17.1. The Balaban J connectivity index is 2.58. The van der Waals surface area contributed by atoms with Gasteiger partial charge in [0.15, 0.2) is 0 Å². The molecule has 3 atom stereocenters. The van der Waals surface area contributed by atoms with Gasteiger partial charge in [0.05, 0.1) is 26.2 Å². The second-order valence-electron chi connectivity index (χ2n) is 7.37. The van der Waals surface area contributed by atoms with Gasteiger partial charge < -0.3 is 0 Å². The van der Waals surface area contributed by atoms with Gasteiger partial charge in [-0.25, -0.2) is 26.1 Å². The van der Waals surface area contributed by atoms with E-state index in [0.29, 0.717) is 0 Å². The van der Waals surface area contributed by atoms with Gasteiger partial charge in [0.1, 0.15) is 5.82 Å². The fraction of sp³-hybridized carbons (Fsp3) is 0.368. The van der Waals surface area contributed by atoms with Crippen molar-refractivity contribution in [3.63, 3.8) is 0 Å². The second kappa shape index (κ2) is 7.77. The summed E-state index contributed by atoms with van der Waals surface area (Å²) < 4.78 is 69.2. The first-order valence-corrected chi connectivity index (χ1v) is 11.0. The molecule has 1 N–H and O–H groups in total. The number of hydrogen-bond acceptors (Lipinski definition) is 3. The third-order valence-corrected chi connectivity index (χ3v) is 7.77. The third-order valence-electron chi connectivity index (χ3n) is 4.10. The van der Waals surface area contributed by atoms with Crippen LogP contribution in [0, 0.1) is 5.82 Å². The van der Waals surface area contributed by atoms with E-state index in [1.54, 1.807) is 26.8 Å². The van der Waals surface area contributed by atoms with E-state index in [9.17, 15) is 17.0 Å². The van der Waals surface area contributed by atoms with Crippen LogP contribution in [0.15, 0.2) is 59.5 Å². The maximum Gasteiger partial charge on any atom is 0.227 e. The van der Waals surface area contributed by atoms with Crippen molar-refractivity contribution in [3.05, 3.63) is 66.0 Å². The molecule has 2 aromatic rings. The van der Waals surface area contributed by atoms with Gasteiger partial charge in [-0.1, -0.05) is 30.3 Å². The fourth-order valence-corrected chi connectivity index (χ4v) is 5.00. The zero-order valence-electron chi connectivity index (χ0n) is 15.6. The topological polar surface area (TPSA) is 63.2 Å². The van der Waals surface area contributed by atoms with Gasteiger partial charge in [0, 0.05) is 0 Å². The SMILES string of the molecule is CC(C)(C)[S@@](=O)N[C@](C)(c1ccc(F)cc1)[C@H](F)S(=O)(=O)c1ccccc1. The first kappa shape index (κ1) is 21.7. The van der Waals surface area contributed by atoms with Crippen LogP contribution in [0.3, 0.4) is 0 Å². The van der Waals surface area contributed by atoms with Crippen molar-refractivity contribution >= 4 is 20.8 Å². The minimum atomic E-state index is -4.40. The Bertz CT molecular complexity index is 910. The van der Waals surface area contributed by atoms with Gasteiger partial charge in [-0.2, -0.15) is 0 Å². The number of nitrogens with one attached hydrogen (secondary N) is 1. The molecule has 0 bridgehead atoms. The first-order valence-electron chi connectivity index (χ1n) is 8.28. The molecule has 0 fully saturated rings. The maximum atomic E-state index is 15.6. The van der Waals surface area contributed by atoms with Crippen LogP contribution in [-0.2, 0) is 26.4 Å². The number of alkyl halides is 1. The van der Waals surface area contributed by atoms with E-state index in [0.717, 1.165) is 12.1 Å². The Morgan fingerprint density at radius 1 is 0.963 bits per heavy atom. The Kier molecular flexibility index (Phi) is 6.23. The molecular weight excluding hydrogens is 392 g/mol. The lowest BCUT2D eigenvalue weighted by molar-refractivity contribution is 0.261. The van der Waals surface area contributed by atoms with E-state index in [1.807, 2.05) is 0 Å². The summed E-state index contributed by atoms with van der Waals surface area (Å²) in [6.45, 7) is 6.36. The lowest BCUT2D eigenvalue weighted by Crippen LogP contribution is -2.54. The molecular formula is C19H23F2NO3S2. The summed E-state index contributed by atoms with van der Waals surface area (Å²) in [5.74, 6) is -0.542. The highest BCUT2D eigenvalue weighted by Gasteiger charge is 2.47. The Hall–Kier alpha value is -1.64. The van der Waals surface area contributed by atoms with Gasteiger partial charge in [0.25, 0.3) is 0 Å². The number of halogens is 2. The Labute approximate surface area is 161 Å². The number of rotatable bonds is 6. The summed E-state index contributed by atoms with van der Waals surface area (Å²) in [4.78, 5) is -0.186. The molecule has 0 unspecified atom stereocenters. The van der Waals surface area contributed by atoms with Crippen LogP contribution in [0.1, 0.15) is 33.3 Å². The van der Waals surface area contributed by atoms with Gasteiger partial charge in [-0.05, 0) is 57.5 Å². The van der Waals surface area contributed by atoms with Crippen LogP contribution in [0.5, 0.6) is 0 Å². The lowest BCUT2D eigenvalue weighted by Gasteiger charge is -2.36. The van der Waals surface area contributed by atoms with Crippen molar-refractivity contribution in [2.45, 2.75) is 48.4 Å². The monoisotopic (exact) mass is 415 g/mol. The highest BCUT2D eigenvalue weighted by atomic mass is 32.2. The van der Waals surface area contributed by atoms with Crippen molar-refractivity contribution in [2.75, 3.05) is 0 Å². The molecule has 0 saturated carbocycles. The molecule has 2 rings (SSSR count). The molecule has 148 valence electrons. The van der Waals surface area contributed by atoms with E-state index in [-0.39, 0.29) is 10.5 Å². The van der Waals surface area contributed by atoms with Gasteiger partial charge in [-0.15, -0.1) is 0 Å². The third kappa shape index (κ3) is 4.62. The molecule has 4 nitrogen and oxygen atoms in total. The first-order chi connectivity index (χ1) is 12.4. The van der Waals surface area contributed by atoms with Gasteiger partial charge in [-0.3, -0.25) is 0 Å². The molecule has 27 heavy (non-hydrogen) atoms. The van der Waals surface area contributed by atoms with Crippen LogP contribution in [0.25, 0.3) is 0 Å². The summed E-state index contributed by atoms with van der Waals surface area (Å²) in [6.07, 6.45) is 0. The van der Waals surface area contributed by atoms with E-state index in [4.69, 9.17) is 0 Å². The number of benzene rings is 2. The zero-order valence-corrected chi connectivity index (χ0v) is 17.2. The van der Waals surface area contributed by atoms with Gasteiger partial charge >= 0.3 is 0 Å². The minimum absolute atomic E-state index is 0.175. The van der Waals surface area contributed by atoms with Crippen LogP contribution in [0.4, 0.5) is 8.78 Å². The molecule has 0 radical (unpaired) electrons. The Morgan fingerprint density at radius 3 is 1.96 bits per heavy atom. The Morgan fingerprint density at radius 2 is 1.48 bits per heavy atom. The van der Waals surface area contributed by atoms with Crippen LogP contribution in [0.2, 0.25) is 0 Å². The smallest absolute Gasteiger partial charge is 0.227 e. The second-order valence-corrected chi connectivity index (χ2v) is 11.3. The van der Waals surface area contributed by atoms with Crippen molar-refractivity contribution in [1.29, 1.82) is 0 Å². The number of sulfone groups is 1. The molecule has 0 heterocycles. The fourth-order valence-electron chi connectivity index (χ4n) is 2.42. The molecule has 0 spiro atoms. The average molecular weight is 416 g/mol. The molecule has 0 aliphatic rings. The summed E-state index contributed by atoms with van der Waals surface area (Å²) in [5.41, 5.74) is -4.14. The highest BCUT2D eigenvalue weighted by molar-refractivity contribution is 7.92. The van der Waals surface area contributed by atoms with Crippen molar-refractivity contribution < 1.29 is 21.4 Å². The summed E-state index contributed by atoms with van der Waals surface area (Å²) >= 11 is 0. The van der Waals surface area contributed by atoms with E-state index in [2.05, 4.69) is 4.72 Å². The largest absolute Gasteiger partial charge is 0.242 e. The van der Waals surface area contributed by atoms with E-state index in [1.165, 1.54) is 43.3 Å². The molecule has 8 heteroatoms. The van der Waals surface area contributed by atoms with E-state index >= 15 is 4.39 Å². The zero-order chi connectivity index (χ0) is 20.5. The van der Waals surface area contributed by atoms with Crippen molar-refractivity contribution in [1.82, 2.24) is 4.72 Å². The minimum Gasteiger partial charge on any atom is -0.242 e.